The number of nitrogens with one attached hydrogen (secondary N) is 1. The molecule has 9 heteroatoms. The maximum Gasteiger partial charge on any atom is 0.226 e. The molecule has 2 amide bonds. The van der Waals surface area contributed by atoms with Gasteiger partial charge in [-0.15, -0.1) is 0 Å². The second-order valence-corrected chi connectivity index (χ2v) is 8.85. The lowest BCUT2D eigenvalue weighted by Gasteiger charge is -2.45. The highest BCUT2D eigenvalue weighted by molar-refractivity contribution is 5.79. The summed E-state index contributed by atoms with van der Waals surface area (Å²) in [5.74, 6) is -0.0717. The highest BCUT2D eigenvalue weighted by atomic mass is 16.5. The normalized spacial score (nSPS) is 29.5. The highest BCUT2D eigenvalue weighted by Gasteiger charge is 2.41. The van der Waals surface area contributed by atoms with Gasteiger partial charge < -0.3 is 29.5 Å². The zero-order chi connectivity index (χ0) is 22.3. The lowest BCUT2D eigenvalue weighted by Crippen LogP contribution is -2.58. The molecule has 3 saturated heterocycles. The van der Waals surface area contributed by atoms with E-state index in [-0.39, 0.29) is 55.6 Å². The quantitative estimate of drug-likeness (QED) is 0.682. The highest BCUT2D eigenvalue weighted by Crippen LogP contribution is 2.30. The largest absolute Gasteiger partial charge is 0.389 e. The molecule has 0 bridgehead atoms. The van der Waals surface area contributed by atoms with Gasteiger partial charge in [0.15, 0.2) is 0 Å². The standard InChI is InChI=1S/C23H33N3O6/c27-18-13-26(23(29)17-5-9-30-10-6-17)20-2-1-19(32-21(20)15-31-14-18)11-22(28)25-12-16-3-7-24-8-4-16/h3-4,7-8,17-21,27H,1-2,5-6,9-15H2,(H,25,28)/t18-,19-,20+,21-/m0/s1. The monoisotopic (exact) mass is 447 g/mol. The van der Waals surface area contributed by atoms with Gasteiger partial charge >= 0.3 is 0 Å². The summed E-state index contributed by atoms with van der Waals surface area (Å²) in [6.45, 7) is 2.36. The first kappa shape index (κ1) is 23.1. The van der Waals surface area contributed by atoms with Crippen LogP contribution in [0.5, 0.6) is 0 Å². The number of ether oxygens (including phenoxy) is 3. The average Bonchev–Trinajstić information content (AvgIpc) is 2.81. The number of aliphatic hydroxyl groups is 1. The number of hydrogen-bond acceptors (Lipinski definition) is 7. The second-order valence-electron chi connectivity index (χ2n) is 8.85. The topological polar surface area (TPSA) is 110 Å². The molecular formula is C23H33N3O6. The molecular weight excluding hydrogens is 414 g/mol. The summed E-state index contributed by atoms with van der Waals surface area (Å²) in [6.07, 6.45) is 5.24. The van der Waals surface area contributed by atoms with E-state index in [1.54, 1.807) is 12.4 Å². The van der Waals surface area contributed by atoms with Gasteiger partial charge in [0.25, 0.3) is 0 Å². The van der Waals surface area contributed by atoms with Crippen molar-refractivity contribution in [3.63, 3.8) is 0 Å². The number of β-amino-alcohol motifs (C(OH)–C–C–N with tert-alkyl or cyclic N) is 1. The molecule has 0 aromatic carbocycles. The summed E-state index contributed by atoms with van der Waals surface area (Å²) in [7, 11) is 0. The Morgan fingerprint density at radius 1 is 1.09 bits per heavy atom. The van der Waals surface area contributed by atoms with Crippen molar-refractivity contribution < 1.29 is 28.9 Å². The number of amides is 2. The van der Waals surface area contributed by atoms with Crippen molar-refractivity contribution in [2.24, 2.45) is 5.92 Å². The van der Waals surface area contributed by atoms with Crippen molar-refractivity contribution in [3.05, 3.63) is 30.1 Å². The van der Waals surface area contributed by atoms with Crippen LogP contribution in [0.1, 0.15) is 37.7 Å². The summed E-state index contributed by atoms with van der Waals surface area (Å²) in [6, 6.07) is 3.58. The van der Waals surface area contributed by atoms with Crippen LogP contribution >= 0.6 is 0 Å². The maximum atomic E-state index is 13.3. The molecule has 0 unspecified atom stereocenters. The molecule has 3 fully saturated rings. The number of hydrogen-bond donors (Lipinski definition) is 2. The van der Waals surface area contributed by atoms with E-state index in [4.69, 9.17) is 14.2 Å². The lowest BCUT2D eigenvalue weighted by atomic mass is 9.91. The Morgan fingerprint density at radius 3 is 2.66 bits per heavy atom. The van der Waals surface area contributed by atoms with Crippen LogP contribution in [0.3, 0.4) is 0 Å². The van der Waals surface area contributed by atoms with E-state index in [9.17, 15) is 14.7 Å². The summed E-state index contributed by atoms with van der Waals surface area (Å²) >= 11 is 0. The number of fused-ring (bicyclic) bond motifs is 1. The van der Waals surface area contributed by atoms with Crippen LogP contribution in [0, 0.1) is 5.92 Å². The van der Waals surface area contributed by atoms with Crippen LogP contribution in [-0.2, 0) is 30.3 Å². The van der Waals surface area contributed by atoms with Crippen molar-refractivity contribution in [2.75, 3.05) is 33.0 Å². The Labute approximate surface area is 188 Å². The van der Waals surface area contributed by atoms with Gasteiger partial charge in [-0.05, 0) is 43.4 Å². The van der Waals surface area contributed by atoms with Gasteiger partial charge in [0.2, 0.25) is 11.8 Å². The Kier molecular flexibility index (Phi) is 8.07. The van der Waals surface area contributed by atoms with Crippen LogP contribution in [0.4, 0.5) is 0 Å². The minimum Gasteiger partial charge on any atom is -0.389 e. The fourth-order valence-electron chi connectivity index (χ4n) is 4.75. The predicted molar refractivity (Wildman–Crippen MR) is 114 cm³/mol. The number of pyridine rings is 1. The summed E-state index contributed by atoms with van der Waals surface area (Å²) in [4.78, 5) is 31.5. The molecule has 2 N–H and O–H groups in total. The first-order chi connectivity index (χ1) is 15.6. The van der Waals surface area contributed by atoms with Crippen LogP contribution in [0.2, 0.25) is 0 Å². The molecule has 9 nitrogen and oxygen atoms in total. The molecule has 176 valence electrons. The number of aromatic nitrogens is 1. The zero-order valence-electron chi connectivity index (χ0n) is 18.4. The van der Waals surface area contributed by atoms with Gasteiger partial charge in [0.1, 0.15) is 6.10 Å². The number of carbonyl (C=O) groups is 2. The molecule has 4 rings (SSSR count). The molecule has 3 aliphatic heterocycles. The molecule has 1 aromatic heterocycles. The molecule has 3 aliphatic rings. The molecule has 0 radical (unpaired) electrons. The fraction of sp³-hybridized carbons (Fsp3) is 0.696. The molecule has 0 spiro atoms. The first-order valence-electron chi connectivity index (χ1n) is 11.5. The zero-order valence-corrected chi connectivity index (χ0v) is 18.4. The number of nitrogens with zero attached hydrogens (tertiary/aromatic N) is 2. The third-order valence-corrected chi connectivity index (χ3v) is 6.49. The minimum atomic E-state index is -0.712. The lowest BCUT2D eigenvalue weighted by molar-refractivity contribution is -0.173. The molecule has 0 aliphatic carbocycles. The summed E-state index contributed by atoms with van der Waals surface area (Å²) in [5.41, 5.74) is 0.993. The van der Waals surface area contributed by atoms with Crippen molar-refractivity contribution in [1.82, 2.24) is 15.2 Å². The first-order valence-corrected chi connectivity index (χ1v) is 11.5. The van der Waals surface area contributed by atoms with Gasteiger partial charge in [-0.1, -0.05) is 0 Å². The van der Waals surface area contributed by atoms with E-state index in [2.05, 4.69) is 10.3 Å². The summed E-state index contributed by atoms with van der Waals surface area (Å²) < 4.78 is 17.3. The molecule has 4 atom stereocenters. The minimum absolute atomic E-state index is 0.0671. The van der Waals surface area contributed by atoms with Crippen LogP contribution in [0.25, 0.3) is 0 Å². The van der Waals surface area contributed by atoms with Crippen molar-refractivity contribution in [2.45, 2.75) is 63.0 Å². The SMILES string of the molecule is O=C(C[C@@H]1CC[C@@H]2[C@H](COC[C@@H](O)CN2C(=O)C2CCOCC2)O1)NCc1ccncc1. The molecule has 32 heavy (non-hydrogen) atoms. The molecule has 1 aromatic rings. The molecule has 4 heterocycles. The predicted octanol–water partition coefficient (Wildman–Crippen LogP) is 0.650. The van der Waals surface area contributed by atoms with Crippen LogP contribution in [0.15, 0.2) is 24.5 Å². The van der Waals surface area contributed by atoms with Crippen molar-refractivity contribution in [3.8, 4) is 0 Å². The Morgan fingerprint density at radius 2 is 1.88 bits per heavy atom. The van der Waals surface area contributed by atoms with E-state index >= 15 is 0 Å². The third-order valence-electron chi connectivity index (χ3n) is 6.49. The number of aliphatic hydroxyl groups excluding tert-OH is 1. The Balaban J connectivity index is 1.34. The van der Waals surface area contributed by atoms with Gasteiger partial charge in [-0.2, -0.15) is 0 Å². The van der Waals surface area contributed by atoms with Crippen LogP contribution in [-0.4, -0.2) is 84.1 Å². The van der Waals surface area contributed by atoms with Gasteiger partial charge in [-0.3, -0.25) is 14.6 Å². The van der Waals surface area contributed by atoms with E-state index < -0.39 is 6.10 Å². The third kappa shape index (κ3) is 6.04. The van der Waals surface area contributed by atoms with E-state index in [1.165, 1.54) is 0 Å². The Bertz CT molecular complexity index is 757. The van der Waals surface area contributed by atoms with Crippen molar-refractivity contribution >= 4 is 11.8 Å². The van der Waals surface area contributed by atoms with E-state index in [0.29, 0.717) is 45.6 Å². The van der Waals surface area contributed by atoms with E-state index in [1.807, 2.05) is 17.0 Å². The van der Waals surface area contributed by atoms with Gasteiger partial charge in [0.05, 0.1) is 37.9 Å². The van der Waals surface area contributed by atoms with Crippen molar-refractivity contribution in [1.29, 1.82) is 0 Å². The maximum absolute atomic E-state index is 13.3. The van der Waals surface area contributed by atoms with Gasteiger partial charge in [-0.25, -0.2) is 0 Å². The van der Waals surface area contributed by atoms with Gasteiger partial charge in [0, 0.05) is 44.6 Å². The Hall–Kier alpha value is -2.07. The number of carbonyl (C=O) groups excluding carboxylic acids is 2. The number of rotatable bonds is 5. The van der Waals surface area contributed by atoms with E-state index in [0.717, 1.165) is 12.0 Å². The average molecular weight is 448 g/mol. The molecule has 0 saturated carbocycles. The smallest absolute Gasteiger partial charge is 0.226 e. The van der Waals surface area contributed by atoms with Crippen LogP contribution < -0.4 is 5.32 Å². The fourth-order valence-corrected chi connectivity index (χ4v) is 4.75. The second kappa shape index (κ2) is 11.2. The summed E-state index contributed by atoms with van der Waals surface area (Å²) in [5, 5.41) is 13.2.